The van der Waals surface area contributed by atoms with Crippen molar-refractivity contribution in [1.82, 2.24) is 14.9 Å². The van der Waals surface area contributed by atoms with Crippen LogP contribution < -0.4 is 14.4 Å². The third kappa shape index (κ3) is 3.84. The molecule has 1 N–H and O–H groups in total. The average Bonchev–Trinajstić information content (AvgIpc) is 3.47. The maximum atomic E-state index is 12.7. The monoisotopic (exact) mass is 448 g/mol. The molecule has 0 atom stereocenters. The minimum atomic E-state index is -3.99. The number of amides is 2. The predicted octanol–water partition coefficient (Wildman–Crippen LogP) is 1.94. The van der Waals surface area contributed by atoms with E-state index in [0.717, 1.165) is 9.78 Å². The second-order valence-electron chi connectivity index (χ2n) is 6.27. The molecule has 0 radical (unpaired) electrons. The van der Waals surface area contributed by atoms with Crippen LogP contribution in [-0.2, 0) is 26.2 Å². The summed E-state index contributed by atoms with van der Waals surface area (Å²) in [7, 11) is -2.62. The van der Waals surface area contributed by atoms with Crippen molar-refractivity contribution in [2.45, 2.75) is 24.3 Å². The third-order valence-corrected chi connectivity index (χ3v) is 6.64. The summed E-state index contributed by atoms with van der Waals surface area (Å²) in [5, 5.41) is 5.70. The van der Waals surface area contributed by atoms with Crippen molar-refractivity contribution in [1.29, 1.82) is 0 Å². The van der Waals surface area contributed by atoms with Crippen molar-refractivity contribution < 1.29 is 27.3 Å². The number of ether oxygens (including phenoxy) is 1. The Kier molecular flexibility index (Phi) is 5.37. The van der Waals surface area contributed by atoms with Gasteiger partial charge in [-0.1, -0.05) is 11.2 Å². The van der Waals surface area contributed by atoms with Crippen molar-refractivity contribution in [2.24, 2.45) is 0 Å². The molecule has 1 saturated heterocycles. The number of imide groups is 1. The summed E-state index contributed by atoms with van der Waals surface area (Å²) < 4.78 is 38.1. The van der Waals surface area contributed by atoms with E-state index in [4.69, 9.17) is 9.26 Å². The second kappa shape index (κ2) is 7.97. The molecule has 30 heavy (non-hydrogen) atoms. The summed E-state index contributed by atoms with van der Waals surface area (Å²) in [6.45, 7) is -0.219. The highest BCUT2D eigenvalue weighted by atomic mass is 32.2. The number of anilines is 1. The van der Waals surface area contributed by atoms with Gasteiger partial charge in [0.05, 0.1) is 29.1 Å². The molecule has 3 heterocycles. The lowest BCUT2D eigenvalue weighted by molar-refractivity contribution is -0.121. The Morgan fingerprint density at radius 1 is 1.23 bits per heavy atom. The number of carbonyl (C=O) groups is 2. The van der Waals surface area contributed by atoms with Gasteiger partial charge in [-0.05, 0) is 29.6 Å². The first-order valence-electron chi connectivity index (χ1n) is 8.79. The number of thiophene rings is 1. The zero-order valence-corrected chi connectivity index (χ0v) is 17.3. The average molecular weight is 448 g/mol. The first-order chi connectivity index (χ1) is 14.4. The van der Waals surface area contributed by atoms with E-state index in [9.17, 15) is 18.0 Å². The van der Waals surface area contributed by atoms with E-state index in [1.165, 1.54) is 36.6 Å². The molecule has 4 rings (SSSR count). The zero-order valence-electron chi connectivity index (χ0n) is 15.7. The fourth-order valence-corrected chi connectivity index (χ4v) is 4.57. The summed E-state index contributed by atoms with van der Waals surface area (Å²) in [6, 6.07) is 7.61. The number of rotatable bonds is 7. The van der Waals surface area contributed by atoms with Crippen LogP contribution in [0.3, 0.4) is 0 Å². The molecular weight excluding hydrogens is 432 g/mol. The van der Waals surface area contributed by atoms with Crippen LogP contribution in [0.4, 0.5) is 5.69 Å². The van der Waals surface area contributed by atoms with Crippen LogP contribution in [0, 0.1) is 0 Å². The molecule has 0 unspecified atom stereocenters. The molecule has 0 saturated carbocycles. The normalized spacial score (nSPS) is 14.5. The van der Waals surface area contributed by atoms with Gasteiger partial charge in [0.15, 0.2) is 0 Å². The summed E-state index contributed by atoms with van der Waals surface area (Å²) in [5.74, 6) is -0.131. The molecular formula is C18H16N4O6S2. The van der Waals surface area contributed by atoms with Crippen molar-refractivity contribution in [2.75, 3.05) is 12.0 Å². The van der Waals surface area contributed by atoms with Gasteiger partial charge >= 0.3 is 0 Å². The molecule has 1 aliphatic rings. The number of methoxy groups -OCH3 is 1. The van der Waals surface area contributed by atoms with Gasteiger partial charge in [0.2, 0.25) is 33.6 Å². The van der Waals surface area contributed by atoms with E-state index in [1.54, 1.807) is 0 Å². The molecule has 1 fully saturated rings. The van der Waals surface area contributed by atoms with Gasteiger partial charge in [-0.15, -0.1) is 11.3 Å². The van der Waals surface area contributed by atoms with Crippen molar-refractivity contribution in [3.8, 4) is 16.5 Å². The predicted molar refractivity (Wildman–Crippen MR) is 106 cm³/mol. The summed E-state index contributed by atoms with van der Waals surface area (Å²) >= 11 is 1.43. The van der Waals surface area contributed by atoms with Gasteiger partial charge in [-0.25, -0.2) is 18.0 Å². The molecule has 0 spiro atoms. The zero-order chi connectivity index (χ0) is 21.3. The largest absolute Gasteiger partial charge is 0.495 e. The quantitative estimate of drug-likeness (QED) is 0.543. The minimum absolute atomic E-state index is 0.0704. The molecule has 1 aromatic carbocycles. The Bertz CT molecular complexity index is 1190. The highest BCUT2D eigenvalue weighted by Crippen LogP contribution is 2.34. The summed E-state index contributed by atoms with van der Waals surface area (Å²) in [5.41, 5.74) is 0.0886. The van der Waals surface area contributed by atoms with E-state index >= 15 is 0 Å². The van der Waals surface area contributed by atoms with Crippen LogP contribution in [0.5, 0.6) is 5.75 Å². The number of hydrogen-bond acceptors (Lipinski definition) is 9. The Morgan fingerprint density at radius 2 is 2.00 bits per heavy atom. The lowest BCUT2D eigenvalue weighted by Gasteiger charge is -2.18. The second-order valence-corrected chi connectivity index (χ2v) is 8.98. The van der Waals surface area contributed by atoms with Crippen molar-refractivity contribution in [3.63, 3.8) is 0 Å². The number of carbonyl (C=O) groups excluding carboxylic acids is 2. The first kappa shape index (κ1) is 20.2. The van der Waals surface area contributed by atoms with Gasteiger partial charge in [0.1, 0.15) is 5.75 Å². The van der Waals surface area contributed by atoms with Crippen LogP contribution in [0.15, 0.2) is 45.1 Å². The fourth-order valence-electron chi connectivity index (χ4n) is 2.93. The van der Waals surface area contributed by atoms with Crippen LogP contribution in [0.25, 0.3) is 10.7 Å². The van der Waals surface area contributed by atoms with Gasteiger partial charge in [-0.3, -0.25) is 9.59 Å². The Labute approximate surface area is 175 Å². The highest BCUT2D eigenvalue weighted by molar-refractivity contribution is 7.89. The lowest BCUT2D eigenvalue weighted by atomic mass is 10.2. The standard InChI is InChI=1S/C18H16N4O6S2/c1-27-13-5-4-11(9-12(13)22-16(23)6-7-17(22)24)30(25,26)19-10-15-20-18(21-28-15)14-3-2-8-29-14/h2-5,8-9,19H,6-7,10H2,1H3. The Balaban J connectivity index is 1.56. The first-order valence-corrected chi connectivity index (χ1v) is 11.2. The number of aromatic nitrogens is 2. The van der Waals surface area contributed by atoms with E-state index < -0.39 is 21.8 Å². The van der Waals surface area contributed by atoms with Crippen LogP contribution >= 0.6 is 11.3 Å². The van der Waals surface area contributed by atoms with E-state index in [0.29, 0.717) is 5.82 Å². The van der Waals surface area contributed by atoms with Crippen molar-refractivity contribution >= 4 is 38.9 Å². The highest BCUT2D eigenvalue weighted by Gasteiger charge is 2.33. The molecule has 12 heteroatoms. The molecule has 156 valence electrons. The molecule has 3 aromatic rings. The summed E-state index contributed by atoms with van der Waals surface area (Å²) in [6.07, 6.45) is 0.141. The van der Waals surface area contributed by atoms with Gasteiger partial charge < -0.3 is 9.26 Å². The van der Waals surface area contributed by atoms with Crippen molar-refractivity contribution in [3.05, 3.63) is 41.6 Å². The van der Waals surface area contributed by atoms with Crippen LogP contribution in [-0.4, -0.2) is 37.5 Å². The number of nitrogens with one attached hydrogen (secondary N) is 1. The Hall–Kier alpha value is -3.09. The van der Waals surface area contributed by atoms with E-state index in [2.05, 4.69) is 14.9 Å². The van der Waals surface area contributed by atoms with E-state index in [1.807, 2.05) is 17.5 Å². The fraction of sp³-hybridized carbons (Fsp3) is 0.222. The van der Waals surface area contributed by atoms with Gasteiger partial charge in [-0.2, -0.15) is 4.98 Å². The third-order valence-electron chi connectivity index (χ3n) is 4.38. The summed E-state index contributed by atoms with van der Waals surface area (Å²) in [4.78, 5) is 29.9. The minimum Gasteiger partial charge on any atom is -0.495 e. The molecule has 1 aliphatic heterocycles. The number of hydrogen-bond donors (Lipinski definition) is 1. The SMILES string of the molecule is COc1ccc(S(=O)(=O)NCc2nc(-c3cccs3)no2)cc1N1C(=O)CCC1=O. The lowest BCUT2D eigenvalue weighted by Crippen LogP contribution is -2.29. The number of benzene rings is 1. The van der Waals surface area contributed by atoms with Gasteiger partial charge in [0.25, 0.3) is 0 Å². The maximum absolute atomic E-state index is 12.7. The maximum Gasteiger partial charge on any atom is 0.242 e. The topological polar surface area (TPSA) is 132 Å². The Morgan fingerprint density at radius 3 is 2.67 bits per heavy atom. The smallest absolute Gasteiger partial charge is 0.242 e. The number of sulfonamides is 1. The van der Waals surface area contributed by atoms with Gasteiger partial charge in [0, 0.05) is 12.8 Å². The molecule has 10 nitrogen and oxygen atoms in total. The van der Waals surface area contributed by atoms with Crippen LogP contribution in [0.1, 0.15) is 18.7 Å². The molecule has 2 amide bonds. The van der Waals surface area contributed by atoms with E-state index in [-0.39, 0.29) is 41.6 Å². The molecule has 2 aromatic heterocycles. The van der Waals surface area contributed by atoms with Crippen LogP contribution in [0.2, 0.25) is 0 Å². The molecule has 0 aliphatic carbocycles. The molecule has 0 bridgehead atoms. The number of nitrogens with zero attached hydrogens (tertiary/aromatic N) is 3.